The summed E-state index contributed by atoms with van der Waals surface area (Å²) >= 11 is 0. The van der Waals surface area contributed by atoms with Crippen molar-refractivity contribution in [2.24, 2.45) is 0 Å². The zero-order chi connectivity index (χ0) is 20.1. The topological polar surface area (TPSA) is 108 Å². The molecule has 1 aliphatic heterocycles. The highest BCUT2D eigenvalue weighted by Crippen LogP contribution is 2.46. The van der Waals surface area contributed by atoms with Crippen LogP contribution in [0.5, 0.6) is 0 Å². The fourth-order valence-electron chi connectivity index (χ4n) is 4.26. The molecule has 0 radical (unpaired) electrons. The molecule has 3 aromatic rings. The van der Waals surface area contributed by atoms with E-state index in [1.807, 2.05) is 6.07 Å². The molecule has 8 heteroatoms. The van der Waals surface area contributed by atoms with Gasteiger partial charge in [0, 0.05) is 29.5 Å². The van der Waals surface area contributed by atoms with Crippen LogP contribution in [0, 0.1) is 5.82 Å². The van der Waals surface area contributed by atoms with E-state index < -0.39 is 23.0 Å². The highest BCUT2D eigenvalue weighted by molar-refractivity contribution is 6.01. The van der Waals surface area contributed by atoms with Crippen molar-refractivity contribution in [3.05, 3.63) is 97.5 Å². The molecular weight excluding hydrogens is 377 g/mol. The van der Waals surface area contributed by atoms with Crippen LogP contribution in [0.2, 0.25) is 0 Å². The molecule has 1 aliphatic carbocycles. The van der Waals surface area contributed by atoms with E-state index in [9.17, 15) is 18.8 Å². The van der Waals surface area contributed by atoms with Crippen LogP contribution < -0.4 is 16.6 Å². The number of benzene rings is 1. The Balaban J connectivity index is 1.70. The zero-order valence-electron chi connectivity index (χ0n) is 15.1. The maximum Gasteiger partial charge on any atom is 0.327 e. The molecule has 0 unspecified atom stereocenters. The number of carbonyl (C=O) groups is 1. The van der Waals surface area contributed by atoms with E-state index in [-0.39, 0.29) is 29.5 Å². The number of allylic oxidation sites excluding steroid dienone is 2. The standard InChI is InChI=1S/C21H16FN3O4/c22-12-5-3-10(4-6-12)16-17-13(23-19-18(16)20(27)25-21(28)24-19)8-11(9-14(17)26)15-2-1-7-29-15/h1-7,11,16H,8-9H2,(H3,23,24,25,27,28)/t11-,16-/m1/s1. The van der Waals surface area contributed by atoms with Crippen LogP contribution in [0.4, 0.5) is 10.2 Å². The summed E-state index contributed by atoms with van der Waals surface area (Å²) in [7, 11) is 0. The van der Waals surface area contributed by atoms with Gasteiger partial charge in [-0.05, 0) is 36.2 Å². The average Bonchev–Trinajstić information content (AvgIpc) is 3.21. The Hall–Kier alpha value is -3.68. The number of anilines is 1. The molecule has 29 heavy (non-hydrogen) atoms. The first kappa shape index (κ1) is 17.4. The predicted molar refractivity (Wildman–Crippen MR) is 102 cm³/mol. The highest BCUT2D eigenvalue weighted by Gasteiger charge is 2.40. The first-order chi connectivity index (χ1) is 14.0. The number of hydrogen-bond donors (Lipinski definition) is 3. The minimum absolute atomic E-state index is 0.120. The van der Waals surface area contributed by atoms with Crippen LogP contribution in [0.15, 0.2) is 67.9 Å². The minimum Gasteiger partial charge on any atom is -0.469 e. The maximum atomic E-state index is 13.5. The number of halogens is 1. The summed E-state index contributed by atoms with van der Waals surface area (Å²) in [4.78, 5) is 42.5. The molecule has 3 heterocycles. The Bertz CT molecular complexity index is 1250. The Morgan fingerprint density at radius 2 is 1.79 bits per heavy atom. The molecule has 0 bridgehead atoms. The largest absolute Gasteiger partial charge is 0.469 e. The van der Waals surface area contributed by atoms with Crippen LogP contribution in [0.1, 0.15) is 41.6 Å². The van der Waals surface area contributed by atoms with E-state index in [0.717, 1.165) is 0 Å². The lowest BCUT2D eigenvalue weighted by molar-refractivity contribution is -0.116. The van der Waals surface area contributed by atoms with E-state index in [2.05, 4.69) is 15.3 Å². The molecule has 2 aliphatic rings. The van der Waals surface area contributed by atoms with Gasteiger partial charge in [-0.15, -0.1) is 0 Å². The van der Waals surface area contributed by atoms with Crippen molar-refractivity contribution in [3.8, 4) is 0 Å². The lowest BCUT2D eigenvalue weighted by Crippen LogP contribution is -2.37. The lowest BCUT2D eigenvalue weighted by Gasteiger charge is -2.35. The number of furan rings is 1. The Labute approximate surface area is 163 Å². The summed E-state index contributed by atoms with van der Waals surface area (Å²) in [5.41, 5.74) is 0.699. The molecule has 0 saturated heterocycles. The molecule has 146 valence electrons. The van der Waals surface area contributed by atoms with E-state index in [1.54, 1.807) is 24.5 Å². The molecule has 7 nitrogen and oxygen atoms in total. The van der Waals surface area contributed by atoms with Crippen LogP contribution in [0.25, 0.3) is 0 Å². The fraction of sp³-hybridized carbons (Fsp3) is 0.190. The van der Waals surface area contributed by atoms with Gasteiger partial charge in [0.15, 0.2) is 5.78 Å². The van der Waals surface area contributed by atoms with Crippen molar-refractivity contribution < 1.29 is 13.6 Å². The molecular formula is C21H16FN3O4. The number of rotatable bonds is 2. The first-order valence-electron chi connectivity index (χ1n) is 9.20. The quantitative estimate of drug-likeness (QED) is 0.621. The van der Waals surface area contributed by atoms with Gasteiger partial charge < -0.3 is 9.73 Å². The summed E-state index contributed by atoms with van der Waals surface area (Å²) in [5, 5.41) is 3.08. The Morgan fingerprint density at radius 3 is 2.52 bits per heavy atom. The van der Waals surface area contributed by atoms with Crippen LogP contribution in [-0.2, 0) is 4.79 Å². The normalized spacial score (nSPS) is 20.8. The zero-order valence-corrected chi connectivity index (χ0v) is 15.1. The van der Waals surface area contributed by atoms with Crippen molar-refractivity contribution in [1.29, 1.82) is 0 Å². The summed E-state index contributed by atoms with van der Waals surface area (Å²) < 4.78 is 19.0. The summed E-state index contributed by atoms with van der Waals surface area (Å²) in [5.74, 6) is -0.429. The van der Waals surface area contributed by atoms with Crippen molar-refractivity contribution in [1.82, 2.24) is 9.97 Å². The number of hydrogen-bond acceptors (Lipinski definition) is 5. The number of Topliss-reactive ketones (excluding diaryl/α,β-unsaturated/α-hetero) is 1. The Morgan fingerprint density at radius 1 is 1.00 bits per heavy atom. The van der Waals surface area contributed by atoms with Gasteiger partial charge in [-0.2, -0.15) is 0 Å². The van der Waals surface area contributed by atoms with Gasteiger partial charge in [-0.25, -0.2) is 9.18 Å². The number of ketones is 1. The molecule has 1 aromatic carbocycles. The molecule has 2 aromatic heterocycles. The number of aromatic amines is 2. The number of H-pyrrole nitrogens is 2. The first-order valence-corrected chi connectivity index (χ1v) is 9.20. The number of nitrogens with one attached hydrogen (secondary N) is 3. The number of aromatic nitrogens is 2. The van der Waals surface area contributed by atoms with Gasteiger partial charge in [-0.1, -0.05) is 12.1 Å². The second-order valence-corrected chi connectivity index (χ2v) is 7.24. The van der Waals surface area contributed by atoms with Crippen molar-refractivity contribution >= 4 is 11.6 Å². The summed E-state index contributed by atoms with van der Waals surface area (Å²) in [6.07, 6.45) is 2.29. The second kappa shape index (κ2) is 6.44. The van der Waals surface area contributed by atoms with Crippen LogP contribution in [0.3, 0.4) is 0 Å². The molecule has 3 N–H and O–H groups in total. The third kappa shape index (κ3) is 2.84. The van der Waals surface area contributed by atoms with Gasteiger partial charge in [0.05, 0.1) is 11.8 Å². The Kier molecular flexibility index (Phi) is 3.87. The SMILES string of the molecule is O=C1C[C@H](c2ccco2)CC2=C1[C@@H](c1ccc(F)cc1)c1c([nH]c(=O)[nH]c1=O)N2. The molecule has 0 saturated carbocycles. The third-order valence-corrected chi connectivity index (χ3v) is 5.49. The smallest absolute Gasteiger partial charge is 0.327 e. The second-order valence-electron chi connectivity index (χ2n) is 7.24. The van der Waals surface area contributed by atoms with Crippen molar-refractivity contribution in [2.75, 3.05) is 5.32 Å². The van der Waals surface area contributed by atoms with Crippen LogP contribution >= 0.6 is 0 Å². The van der Waals surface area contributed by atoms with Crippen molar-refractivity contribution in [3.63, 3.8) is 0 Å². The van der Waals surface area contributed by atoms with Gasteiger partial charge in [0.25, 0.3) is 5.56 Å². The van der Waals surface area contributed by atoms with Gasteiger partial charge >= 0.3 is 5.69 Å². The molecule has 2 atom stereocenters. The fourth-order valence-corrected chi connectivity index (χ4v) is 4.26. The predicted octanol–water partition coefficient (Wildman–Crippen LogP) is 2.75. The monoisotopic (exact) mass is 393 g/mol. The molecule has 0 spiro atoms. The van der Waals surface area contributed by atoms with Gasteiger partial charge in [0.2, 0.25) is 0 Å². The van der Waals surface area contributed by atoms with Crippen molar-refractivity contribution in [2.45, 2.75) is 24.7 Å². The summed E-state index contributed by atoms with van der Waals surface area (Å²) in [6.45, 7) is 0. The van der Waals surface area contributed by atoms with E-state index in [4.69, 9.17) is 4.42 Å². The van der Waals surface area contributed by atoms with Gasteiger partial charge in [-0.3, -0.25) is 19.6 Å². The highest BCUT2D eigenvalue weighted by atomic mass is 19.1. The van der Waals surface area contributed by atoms with Crippen LogP contribution in [-0.4, -0.2) is 15.8 Å². The molecule has 0 fully saturated rings. The number of fused-ring (bicyclic) bond motifs is 1. The van der Waals surface area contributed by atoms with Gasteiger partial charge in [0.1, 0.15) is 17.4 Å². The minimum atomic E-state index is -0.701. The van der Waals surface area contributed by atoms with E-state index in [1.165, 1.54) is 12.1 Å². The lowest BCUT2D eigenvalue weighted by atomic mass is 9.73. The molecule has 0 amide bonds. The third-order valence-electron chi connectivity index (χ3n) is 5.49. The molecule has 5 rings (SSSR count). The maximum absolute atomic E-state index is 13.5. The van der Waals surface area contributed by atoms with E-state index in [0.29, 0.717) is 29.0 Å². The summed E-state index contributed by atoms with van der Waals surface area (Å²) in [6, 6.07) is 9.27. The average molecular weight is 393 g/mol. The number of carbonyl (C=O) groups excluding carboxylic acids is 1. The van der Waals surface area contributed by atoms with E-state index >= 15 is 0 Å².